The van der Waals surface area contributed by atoms with Crippen LogP contribution in [0.1, 0.15) is 22.3 Å². The van der Waals surface area contributed by atoms with Crippen LogP contribution in [0, 0.1) is 10.1 Å². The number of carbonyl (C=O) groups is 2. The quantitative estimate of drug-likeness (QED) is 0.336. The van der Waals surface area contributed by atoms with Gasteiger partial charge >= 0.3 is 17.2 Å². The van der Waals surface area contributed by atoms with Crippen LogP contribution in [0.3, 0.4) is 0 Å². The summed E-state index contributed by atoms with van der Waals surface area (Å²) in [5.74, 6) is -1.44. The highest BCUT2D eigenvalue weighted by Crippen LogP contribution is 2.30. The minimum absolute atomic E-state index is 0.0955. The van der Waals surface area contributed by atoms with Gasteiger partial charge in [0.15, 0.2) is 0 Å². The number of aryl methyl sites for hydroxylation is 1. The van der Waals surface area contributed by atoms with Gasteiger partial charge in [0.1, 0.15) is 6.54 Å². The molecule has 12 nitrogen and oxygen atoms in total. The van der Waals surface area contributed by atoms with Crippen molar-refractivity contribution in [1.82, 2.24) is 8.87 Å². The van der Waals surface area contributed by atoms with Crippen LogP contribution in [0.25, 0.3) is 0 Å². The molecule has 176 valence electrons. The second-order valence-electron chi connectivity index (χ2n) is 7.52. The van der Waals surface area contributed by atoms with Crippen LogP contribution in [-0.4, -0.2) is 61.8 Å². The number of anilines is 1. The fraction of sp³-hybridized carbons (Fsp3) is 0.350. The molecule has 0 atom stereocenters. The van der Waals surface area contributed by atoms with Gasteiger partial charge in [0.25, 0.3) is 0 Å². The molecular weight excluding hydrogens is 456 g/mol. The Morgan fingerprint density at radius 3 is 2.55 bits per heavy atom. The number of hydrogen-bond acceptors (Lipinski definition) is 8. The number of rotatable bonds is 6. The lowest BCUT2D eigenvalue weighted by Crippen LogP contribution is -2.40. The molecule has 0 radical (unpaired) electrons. The predicted molar refractivity (Wildman–Crippen MR) is 117 cm³/mol. The van der Waals surface area contributed by atoms with Crippen LogP contribution in [0.2, 0.25) is 0 Å². The molecule has 0 saturated heterocycles. The zero-order valence-corrected chi connectivity index (χ0v) is 19.0. The van der Waals surface area contributed by atoms with E-state index in [1.54, 1.807) is 0 Å². The summed E-state index contributed by atoms with van der Waals surface area (Å²) in [6, 6.07) is 5.24. The molecule has 0 fully saturated rings. The average molecular weight is 478 g/mol. The maximum Gasteiger partial charge on any atom is 0.339 e. The van der Waals surface area contributed by atoms with Crippen molar-refractivity contribution < 1.29 is 27.7 Å². The van der Waals surface area contributed by atoms with Crippen LogP contribution in [-0.2, 0) is 32.5 Å². The summed E-state index contributed by atoms with van der Waals surface area (Å²) in [4.78, 5) is 49.2. The summed E-state index contributed by atoms with van der Waals surface area (Å²) in [5.41, 5.74) is -0.988. The van der Waals surface area contributed by atoms with Crippen molar-refractivity contribution in [3.63, 3.8) is 0 Å². The number of ether oxygens (including phenoxy) is 1. The lowest BCUT2D eigenvalue weighted by Gasteiger charge is -2.30. The SMILES string of the molecule is COC(=O)c1cc([N+](=O)[O-])c(=O)n(CC(=O)N2CCCc3cc(S(=O)(=O)N(C)C)ccc32)c1. The van der Waals surface area contributed by atoms with Crippen LogP contribution >= 0.6 is 0 Å². The van der Waals surface area contributed by atoms with Gasteiger partial charge in [-0.1, -0.05) is 0 Å². The highest BCUT2D eigenvalue weighted by atomic mass is 32.2. The van der Waals surface area contributed by atoms with E-state index in [0.29, 0.717) is 30.6 Å². The van der Waals surface area contributed by atoms with Gasteiger partial charge < -0.3 is 9.64 Å². The summed E-state index contributed by atoms with van der Waals surface area (Å²) >= 11 is 0. The molecule has 33 heavy (non-hydrogen) atoms. The summed E-state index contributed by atoms with van der Waals surface area (Å²) in [6.45, 7) is -0.235. The summed E-state index contributed by atoms with van der Waals surface area (Å²) in [5, 5.41) is 11.2. The predicted octanol–water partition coefficient (Wildman–Crippen LogP) is 0.773. The first-order chi connectivity index (χ1) is 15.5. The average Bonchev–Trinajstić information content (AvgIpc) is 2.78. The number of pyridine rings is 1. The van der Waals surface area contributed by atoms with Gasteiger partial charge in [0, 0.05) is 38.6 Å². The van der Waals surface area contributed by atoms with Crippen molar-refractivity contribution in [2.75, 3.05) is 32.6 Å². The fourth-order valence-electron chi connectivity index (χ4n) is 3.53. The van der Waals surface area contributed by atoms with E-state index in [4.69, 9.17) is 0 Å². The lowest BCUT2D eigenvalue weighted by molar-refractivity contribution is -0.386. The van der Waals surface area contributed by atoms with Crippen molar-refractivity contribution >= 4 is 33.3 Å². The third kappa shape index (κ3) is 4.64. The van der Waals surface area contributed by atoms with E-state index in [9.17, 15) is 32.9 Å². The topological polar surface area (TPSA) is 149 Å². The van der Waals surface area contributed by atoms with Crippen molar-refractivity contribution in [2.45, 2.75) is 24.3 Å². The molecule has 0 unspecified atom stereocenters. The first-order valence-electron chi connectivity index (χ1n) is 9.80. The highest BCUT2D eigenvalue weighted by Gasteiger charge is 2.27. The highest BCUT2D eigenvalue weighted by molar-refractivity contribution is 7.89. The Morgan fingerprint density at radius 1 is 1.24 bits per heavy atom. The first kappa shape index (κ1) is 24.1. The molecular formula is C20H22N4O8S. The Labute approximate surface area is 189 Å². The van der Waals surface area contributed by atoms with Gasteiger partial charge in [-0.15, -0.1) is 0 Å². The van der Waals surface area contributed by atoms with E-state index in [0.717, 1.165) is 28.2 Å². The minimum Gasteiger partial charge on any atom is -0.465 e. The van der Waals surface area contributed by atoms with Gasteiger partial charge in [-0.3, -0.25) is 24.3 Å². The number of hydrogen-bond donors (Lipinski definition) is 0. The number of amides is 1. The number of nitrogens with zero attached hydrogens (tertiary/aromatic N) is 4. The fourth-order valence-corrected chi connectivity index (χ4v) is 4.49. The second kappa shape index (κ2) is 9.11. The molecule has 1 aromatic heterocycles. The molecule has 1 aromatic carbocycles. The maximum atomic E-state index is 13.1. The summed E-state index contributed by atoms with van der Waals surface area (Å²) < 4.78 is 31.3. The van der Waals surface area contributed by atoms with E-state index in [-0.39, 0.29) is 10.5 Å². The van der Waals surface area contributed by atoms with Crippen molar-refractivity contribution in [3.05, 3.63) is 62.1 Å². The second-order valence-corrected chi connectivity index (χ2v) is 9.67. The molecule has 13 heteroatoms. The van der Waals surface area contributed by atoms with E-state index >= 15 is 0 Å². The third-order valence-corrected chi connectivity index (χ3v) is 7.05. The van der Waals surface area contributed by atoms with Crippen molar-refractivity contribution in [2.24, 2.45) is 0 Å². The first-order valence-corrected chi connectivity index (χ1v) is 11.2. The molecule has 3 rings (SSSR count). The molecule has 1 aliphatic heterocycles. The number of aromatic nitrogens is 1. The molecule has 0 saturated carbocycles. The number of sulfonamides is 1. The zero-order chi connectivity index (χ0) is 24.5. The normalized spacial score (nSPS) is 13.5. The Morgan fingerprint density at radius 2 is 1.94 bits per heavy atom. The van der Waals surface area contributed by atoms with E-state index in [2.05, 4.69) is 4.74 Å². The molecule has 2 heterocycles. The van der Waals surface area contributed by atoms with Crippen LogP contribution in [0.4, 0.5) is 11.4 Å². The zero-order valence-electron chi connectivity index (χ0n) is 18.2. The van der Waals surface area contributed by atoms with Gasteiger partial charge in [-0.05, 0) is 36.6 Å². The van der Waals surface area contributed by atoms with E-state index in [1.165, 1.54) is 37.2 Å². The van der Waals surface area contributed by atoms with Gasteiger partial charge in [0.2, 0.25) is 15.9 Å². The standard InChI is InChI=1S/C20H22N4O8S/c1-21(2)33(30,31)15-6-7-16-13(9-15)5-4-8-23(16)18(25)12-22-11-14(20(27)32-3)10-17(19(22)26)24(28)29/h6-7,9-11H,4-5,8,12H2,1-3H3. The molecule has 0 aliphatic carbocycles. The number of benzene rings is 1. The van der Waals surface area contributed by atoms with Crippen LogP contribution in [0.5, 0.6) is 0 Å². The molecule has 0 N–H and O–H groups in total. The smallest absolute Gasteiger partial charge is 0.339 e. The van der Waals surface area contributed by atoms with Gasteiger partial charge in [0.05, 0.1) is 22.5 Å². The monoisotopic (exact) mass is 478 g/mol. The minimum atomic E-state index is -3.65. The molecule has 1 amide bonds. The molecule has 0 bridgehead atoms. The number of carbonyl (C=O) groups excluding carboxylic acids is 2. The van der Waals surface area contributed by atoms with E-state index < -0.39 is 44.6 Å². The summed E-state index contributed by atoms with van der Waals surface area (Å²) in [6.07, 6.45) is 2.15. The third-order valence-electron chi connectivity index (χ3n) is 5.24. The number of methoxy groups -OCH3 is 1. The largest absolute Gasteiger partial charge is 0.465 e. The summed E-state index contributed by atoms with van der Waals surface area (Å²) in [7, 11) is 0.275. The Kier molecular flexibility index (Phi) is 6.65. The molecule has 0 spiro atoms. The van der Waals surface area contributed by atoms with Gasteiger partial charge in [-0.25, -0.2) is 17.5 Å². The van der Waals surface area contributed by atoms with Crippen LogP contribution in [0.15, 0.2) is 40.2 Å². The van der Waals surface area contributed by atoms with E-state index in [1.807, 2.05) is 0 Å². The number of esters is 1. The Hall–Kier alpha value is -3.58. The Bertz CT molecular complexity index is 1300. The Balaban J connectivity index is 1.97. The molecule has 1 aliphatic rings. The molecule has 2 aromatic rings. The lowest BCUT2D eigenvalue weighted by atomic mass is 10.0. The maximum absolute atomic E-state index is 13.1. The van der Waals surface area contributed by atoms with Crippen molar-refractivity contribution in [1.29, 1.82) is 0 Å². The van der Waals surface area contributed by atoms with Crippen molar-refractivity contribution in [3.8, 4) is 0 Å². The van der Waals surface area contributed by atoms with Crippen LogP contribution < -0.4 is 10.5 Å². The number of nitro groups is 1. The number of fused-ring (bicyclic) bond motifs is 1. The van der Waals surface area contributed by atoms with Gasteiger partial charge in [-0.2, -0.15) is 0 Å².